The van der Waals surface area contributed by atoms with Crippen molar-refractivity contribution in [3.8, 4) is 0 Å². The van der Waals surface area contributed by atoms with Crippen LogP contribution < -0.4 is 5.32 Å². The Morgan fingerprint density at radius 3 is 2.63 bits per heavy atom. The molecule has 96 valence electrons. The van der Waals surface area contributed by atoms with Crippen molar-refractivity contribution in [2.24, 2.45) is 0 Å². The van der Waals surface area contributed by atoms with Crippen LogP contribution >= 0.6 is 0 Å². The van der Waals surface area contributed by atoms with Crippen LogP contribution in [0.25, 0.3) is 0 Å². The highest BCUT2D eigenvalue weighted by molar-refractivity contribution is 5.94. The summed E-state index contributed by atoms with van der Waals surface area (Å²) >= 11 is 0. The number of carbonyl (C=O) groups excluding carboxylic acids is 1. The number of benzene rings is 1. The summed E-state index contributed by atoms with van der Waals surface area (Å²) in [7, 11) is 0. The third kappa shape index (κ3) is 2.21. The van der Waals surface area contributed by atoms with E-state index in [0.717, 1.165) is 12.8 Å². The van der Waals surface area contributed by atoms with Gasteiger partial charge >= 0.3 is 0 Å². The highest BCUT2D eigenvalue weighted by atomic mass is 19.1. The van der Waals surface area contributed by atoms with Crippen LogP contribution in [0.3, 0.4) is 0 Å². The van der Waals surface area contributed by atoms with Crippen LogP contribution in [0.4, 0.5) is 4.39 Å². The van der Waals surface area contributed by atoms with Gasteiger partial charge in [0.15, 0.2) is 0 Å². The molecule has 0 aliphatic heterocycles. The smallest absolute Gasteiger partial charge is 0.253 e. The van der Waals surface area contributed by atoms with Gasteiger partial charge in [-0.2, -0.15) is 0 Å². The zero-order valence-corrected chi connectivity index (χ0v) is 10.3. The fraction of sp³-hybridized carbons (Fsp3) is 0.200. The maximum Gasteiger partial charge on any atom is 0.253 e. The topological polar surface area (TPSA) is 42.0 Å². The Morgan fingerprint density at radius 2 is 2.00 bits per heavy atom. The lowest BCUT2D eigenvalue weighted by atomic mass is 10.0. The van der Waals surface area contributed by atoms with Crippen molar-refractivity contribution in [3.63, 3.8) is 0 Å². The van der Waals surface area contributed by atoms with Gasteiger partial charge in [-0.15, -0.1) is 0 Å². The SMILES string of the molecule is O=C(NC1(c2ccccc2F)CC1)c1cccnc1. The van der Waals surface area contributed by atoms with E-state index in [4.69, 9.17) is 0 Å². The van der Waals surface area contributed by atoms with Crippen molar-refractivity contribution < 1.29 is 9.18 Å². The summed E-state index contributed by atoms with van der Waals surface area (Å²) in [6.45, 7) is 0. The van der Waals surface area contributed by atoms with Crippen molar-refractivity contribution in [2.45, 2.75) is 18.4 Å². The molecule has 1 aliphatic carbocycles. The second-order valence-electron chi connectivity index (χ2n) is 4.76. The van der Waals surface area contributed by atoms with E-state index >= 15 is 0 Å². The van der Waals surface area contributed by atoms with E-state index in [9.17, 15) is 9.18 Å². The first-order chi connectivity index (χ1) is 9.21. The molecule has 1 N–H and O–H groups in total. The monoisotopic (exact) mass is 256 g/mol. The Bertz CT molecular complexity index is 609. The molecule has 0 bridgehead atoms. The molecular weight excluding hydrogens is 243 g/mol. The van der Waals surface area contributed by atoms with E-state index < -0.39 is 5.54 Å². The first-order valence-corrected chi connectivity index (χ1v) is 6.19. The second kappa shape index (κ2) is 4.46. The number of amides is 1. The van der Waals surface area contributed by atoms with E-state index in [2.05, 4.69) is 10.3 Å². The maximum atomic E-state index is 13.8. The molecule has 4 heteroatoms. The van der Waals surface area contributed by atoms with Gasteiger partial charge in [0.05, 0.1) is 11.1 Å². The molecule has 1 aromatic carbocycles. The number of halogens is 1. The fourth-order valence-corrected chi connectivity index (χ4v) is 2.22. The number of pyridine rings is 1. The normalized spacial score (nSPS) is 15.8. The third-order valence-electron chi connectivity index (χ3n) is 3.42. The molecule has 0 saturated heterocycles. The highest BCUT2D eigenvalue weighted by Crippen LogP contribution is 2.46. The summed E-state index contributed by atoms with van der Waals surface area (Å²) in [5, 5.41) is 2.92. The molecule has 0 atom stereocenters. The van der Waals surface area contributed by atoms with Crippen LogP contribution in [0.1, 0.15) is 28.8 Å². The van der Waals surface area contributed by atoms with Crippen LogP contribution in [0.15, 0.2) is 48.8 Å². The molecule has 2 aromatic rings. The molecule has 1 fully saturated rings. The second-order valence-corrected chi connectivity index (χ2v) is 4.76. The van der Waals surface area contributed by atoms with Gasteiger partial charge < -0.3 is 5.32 Å². The largest absolute Gasteiger partial charge is 0.342 e. The molecule has 19 heavy (non-hydrogen) atoms. The van der Waals surface area contributed by atoms with E-state index in [-0.39, 0.29) is 11.7 Å². The Morgan fingerprint density at radius 1 is 1.21 bits per heavy atom. The minimum absolute atomic E-state index is 0.214. The lowest BCUT2D eigenvalue weighted by Gasteiger charge is -2.18. The van der Waals surface area contributed by atoms with Gasteiger partial charge in [0.25, 0.3) is 5.91 Å². The quantitative estimate of drug-likeness (QED) is 0.917. The standard InChI is InChI=1S/C15H13FN2O/c16-13-6-2-1-5-12(13)15(7-8-15)18-14(19)11-4-3-9-17-10-11/h1-6,9-10H,7-8H2,(H,18,19). The first kappa shape index (κ1) is 11.8. The zero-order chi connectivity index (χ0) is 13.3. The summed E-state index contributed by atoms with van der Waals surface area (Å²) in [4.78, 5) is 16.0. The Balaban J connectivity index is 1.84. The molecule has 0 unspecified atom stereocenters. The fourth-order valence-electron chi connectivity index (χ4n) is 2.22. The van der Waals surface area contributed by atoms with Gasteiger partial charge in [-0.05, 0) is 31.0 Å². The molecular formula is C15H13FN2O. The van der Waals surface area contributed by atoms with Crippen molar-refractivity contribution in [3.05, 3.63) is 65.7 Å². The molecule has 1 heterocycles. The van der Waals surface area contributed by atoms with Gasteiger partial charge in [0, 0.05) is 18.0 Å². The summed E-state index contributed by atoms with van der Waals surface area (Å²) in [5.74, 6) is -0.486. The van der Waals surface area contributed by atoms with Gasteiger partial charge in [-0.3, -0.25) is 9.78 Å². The lowest BCUT2D eigenvalue weighted by Crippen LogP contribution is -2.35. The predicted molar refractivity (Wildman–Crippen MR) is 69.0 cm³/mol. The van der Waals surface area contributed by atoms with Gasteiger partial charge in [0.2, 0.25) is 0 Å². The third-order valence-corrected chi connectivity index (χ3v) is 3.42. The van der Waals surface area contributed by atoms with E-state index in [1.807, 2.05) is 0 Å². The van der Waals surface area contributed by atoms with Crippen LogP contribution in [-0.4, -0.2) is 10.9 Å². The van der Waals surface area contributed by atoms with Crippen molar-refractivity contribution in [1.82, 2.24) is 10.3 Å². The lowest BCUT2D eigenvalue weighted by molar-refractivity contribution is 0.0929. The van der Waals surface area contributed by atoms with Crippen LogP contribution in [-0.2, 0) is 5.54 Å². The number of aromatic nitrogens is 1. The average molecular weight is 256 g/mol. The molecule has 1 aliphatic rings. The molecule has 1 saturated carbocycles. The number of rotatable bonds is 3. The number of hydrogen-bond acceptors (Lipinski definition) is 2. The summed E-state index contributed by atoms with van der Waals surface area (Å²) in [6.07, 6.45) is 4.65. The molecule has 3 nitrogen and oxygen atoms in total. The predicted octanol–water partition coefficient (Wildman–Crippen LogP) is 2.64. The summed E-state index contributed by atoms with van der Waals surface area (Å²) < 4.78 is 13.8. The highest BCUT2D eigenvalue weighted by Gasteiger charge is 2.47. The molecule has 0 radical (unpaired) electrons. The van der Waals surface area contributed by atoms with Gasteiger partial charge in [0.1, 0.15) is 5.82 Å². The van der Waals surface area contributed by atoms with E-state index in [0.29, 0.717) is 11.1 Å². The van der Waals surface area contributed by atoms with E-state index in [1.165, 1.54) is 12.3 Å². The average Bonchev–Trinajstić information content (AvgIpc) is 3.21. The molecule has 1 amide bonds. The molecule has 0 spiro atoms. The first-order valence-electron chi connectivity index (χ1n) is 6.19. The van der Waals surface area contributed by atoms with Crippen molar-refractivity contribution in [2.75, 3.05) is 0 Å². The Hall–Kier alpha value is -2.23. The van der Waals surface area contributed by atoms with Crippen molar-refractivity contribution in [1.29, 1.82) is 0 Å². The van der Waals surface area contributed by atoms with Crippen LogP contribution in [0.2, 0.25) is 0 Å². The minimum atomic E-state index is -0.543. The molecule has 1 aromatic heterocycles. The number of nitrogens with one attached hydrogen (secondary N) is 1. The zero-order valence-electron chi connectivity index (χ0n) is 10.3. The molecule has 3 rings (SSSR count). The summed E-state index contributed by atoms with van der Waals surface area (Å²) in [6, 6.07) is 9.99. The summed E-state index contributed by atoms with van der Waals surface area (Å²) in [5.41, 5.74) is 0.510. The van der Waals surface area contributed by atoms with Gasteiger partial charge in [-0.25, -0.2) is 4.39 Å². The number of carbonyl (C=O) groups is 1. The Kier molecular flexibility index (Phi) is 2.78. The van der Waals surface area contributed by atoms with Gasteiger partial charge in [-0.1, -0.05) is 18.2 Å². The van der Waals surface area contributed by atoms with E-state index in [1.54, 1.807) is 36.5 Å². The minimum Gasteiger partial charge on any atom is -0.342 e. The Labute approximate surface area is 110 Å². The van der Waals surface area contributed by atoms with Crippen LogP contribution in [0, 0.1) is 5.82 Å². The number of nitrogens with zero attached hydrogens (tertiary/aromatic N) is 1. The maximum absolute atomic E-state index is 13.8. The number of hydrogen-bond donors (Lipinski definition) is 1. The van der Waals surface area contributed by atoms with Crippen molar-refractivity contribution >= 4 is 5.91 Å². The van der Waals surface area contributed by atoms with Crippen LogP contribution in [0.5, 0.6) is 0 Å².